The number of Topliss-reactive ketones (excluding diaryl/α,β-unsaturated/α-hetero) is 1. The predicted octanol–water partition coefficient (Wildman–Crippen LogP) is 5.82. The highest BCUT2D eigenvalue weighted by Crippen LogP contribution is 2.48. The second-order valence-electron chi connectivity index (χ2n) is 8.36. The van der Waals surface area contributed by atoms with Crippen LogP contribution in [-0.4, -0.2) is 20.5 Å². The van der Waals surface area contributed by atoms with Crippen LogP contribution in [0.25, 0.3) is 0 Å². The Hall–Kier alpha value is -2.40. The van der Waals surface area contributed by atoms with Crippen LogP contribution in [0, 0.1) is 13.8 Å². The monoisotopic (exact) mass is 403 g/mol. The summed E-state index contributed by atoms with van der Waals surface area (Å²) in [6.07, 6.45) is 4.79. The summed E-state index contributed by atoms with van der Waals surface area (Å²) in [5.41, 5.74) is 4.11. The molecule has 0 bridgehead atoms. The van der Waals surface area contributed by atoms with Crippen LogP contribution in [0.5, 0.6) is 0 Å². The van der Waals surface area contributed by atoms with Gasteiger partial charge in [0.1, 0.15) is 11.1 Å². The van der Waals surface area contributed by atoms with Gasteiger partial charge in [-0.3, -0.25) is 4.79 Å². The number of rotatable bonds is 7. The molecule has 0 saturated heterocycles. The second kappa shape index (κ2) is 7.45. The van der Waals surface area contributed by atoms with Crippen LogP contribution in [0.4, 0.5) is 0 Å². The smallest absolute Gasteiger partial charge is 0.192 e. The summed E-state index contributed by atoms with van der Waals surface area (Å²) < 4.78 is 2.33. The van der Waals surface area contributed by atoms with E-state index in [1.54, 1.807) is 11.8 Å². The van der Waals surface area contributed by atoms with Gasteiger partial charge in [-0.15, -0.1) is 10.2 Å². The van der Waals surface area contributed by atoms with Gasteiger partial charge in [-0.25, -0.2) is 0 Å². The van der Waals surface area contributed by atoms with Gasteiger partial charge in [0, 0.05) is 17.5 Å². The highest BCUT2D eigenvalue weighted by Gasteiger charge is 2.37. The first-order valence-electron chi connectivity index (χ1n) is 10.4. The summed E-state index contributed by atoms with van der Waals surface area (Å²) >= 11 is 1.56. The Morgan fingerprint density at radius 1 is 0.931 bits per heavy atom. The van der Waals surface area contributed by atoms with Gasteiger partial charge >= 0.3 is 0 Å². The third kappa shape index (κ3) is 3.88. The molecule has 5 heteroatoms. The van der Waals surface area contributed by atoms with E-state index >= 15 is 0 Å². The Bertz CT molecular complexity index is 1030. The van der Waals surface area contributed by atoms with Crippen LogP contribution in [0.3, 0.4) is 0 Å². The Balaban J connectivity index is 1.51. The fourth-order valence-electron chi connectivity index (χ4n) is 3.65. The van der Waals surface area contributed by atoms with Crippen molar-refractivity contribution in [1.82, 2.24) is 14.8 Å². The minimum absolute atomic E-state index is 0.122. The number of carbonyl (C=O) groups is 1. The molecule has 0 amide bonds. The standard InChI is InChI=1S/C24H25N3OS/c1-15-3-7-17(8-4-15)21(28)22(18-9-5-16(2)6-10-18)29-24-26-25-23(19-11-12-19)27(24)20-13-14-20/h3-10,19-20,22H,11-14H2,1-2H3/t22-/m0/s1. The van der Waals surface area contributed by atoms with Crippen molar-refractivity contribution in [2.45, 2.75) is 61.9 Å². The first-order chi connectivity index (χ1) is 14.1. The minimum atomic E-state index is -0.327. The molecule has 4 nitrogen and oxygen atoms in total. The van der Waals surface area contributed by atoms with Gasteiger partial charge in [0.15, 0.2) is 10.9 Å². The molecule has 0 aliphatic heterocycles. The van der Waals surface area contributed by atoms with Crippen LogP contribution < -0.4 is 0 Å². The Labute approximate surface area is 175 Å². The van der Waals surface area contributed by atoms with Crippen LogP contribution in [0.1, 0.15) is 75.8 Å². The molecule has 0 radical (unpaired) electrons. The number of hydrogen-bond acceptors (Lipinski definition) is 4. The number of aromatic nitrogens is 3. The van der Waals surface area contributed by atoms with Gasteiger partial charge < -0.3 is 4.57 Å². The molecule has 1 heterocycles. The molecule has 1 aromatic heterocycles. The molecular formula is C24H25N3OS. The lowest BCUT2D eigenvalue weighted by atomic mass is 10.0. The number of thioether (sulfide) groups is 1. The van der Waals surface area contributed by atoms with E-state index in [0.29, 0.717) is 12.0 Å². The first-order valence-corrected chi connectivity index (χ1v) is 11.3. The van der Waals surface area contributed by atoms with Crippen molar-refractivity contribution in [3.63, 3.8) is 0 Å². The first kappa shape index (κ1) is 18.6. The molecule has 2 fully saturated rings. The molecule has 0 N–H and O–H groups in total. The summed E-state index contributed by atoms with van der Waals surface area (Å²) in [5.74, 6) is 1.81. The topological polar surface area (TPSA) is 47.8 Å². The van der Waals surface area contributed by atoms with Gasteiger partial charge in [0.25, 0.3) is 0 Å². The number of nitrogens with zero attached hydrogens (tertiary/aromatic N) is 3. The summed E-state index contributed by atoms with van der Waals surface area (Å²) in [6.45, 7) is 4.11. The molecule has 29 heavy (non-hydrogen) atoms. The highest BCUT2D eigenvalue weighted by atomic mass is 32.2. The number of benzene rings is 2. The van der Waals surface area contributed by atoms with Crippen molar-refractivity contribution >= 4 is 17.5 Å². The lowest BCUT2D eigenvalue weighted by Crippen LogP contribution is -2.12. The van der Waals surface area contributed by atoms with Crippen LogP contribution in [0.2, 0.25) is 0 Å². The number of hydrogen-bond donors (Lipinski definition) is 0. The van der Waals surface area contributed by atoms with E-state index < -0.39 is 0 Å². The Morgan fingerprint density at radius 3 is 2.14 bits per heavy atom. The molecule has 148 valence electrons. The second-order valence-corrected chi connectivity index (χ2v) is 9.43. The SMILES string of the molecule is Cc1ccc(C(=O)[C@@H](Sc2nnc(C3CC3)n2C2CC2)c2ccc(C)cc2)cc1. The molecule has 1 atom stereocenters. The lowest BCUT2D eigenvalue weighted by molar-refractivity contribution is 0.0989. The highest BCUT2D eigenvalue weighted by molar-refractivity contribution is 8.00. The normalized spacial score (nSPS) is 17.3. The van der Waals surface area contributed by atoms with E-state index in [1.807, 2.05) is 31.2 Å². The van der Waals surface area contributed by atoms with Crippen LogP contribution in [-0.2, 0) is 0 Å². The van der Waals surface area contributed by atoms with E-state index in [4.69, 9.17) is 0 Å². The fraction of sp³-hybridized carbons (Fsp3) is 0.375. The molecule has 2 aliphatic rings. The maximum Gasteiger partial charge on any atom is 0.192 e. The van der Waals surface area contributed by atoms with Crippen molar-refractivity contribution in [2.75, 3.05) is 0 Å². The van der Waals surface area contributed by atoms with Crippen LogP contribution in [0.15, 0.2) is 53.7 Å². The maximum absolute atomic E-state index is 13.5. The molecular weight excluding hydrogens is 378 g/mol. The Kier molecular flexibility index (Phi) is 4.78. The summed E-state index contributed by atoms with van der Waals surface area (Å²) in [4.78, 5) is 13.5. The van der Waals surface area contributed by atoms with E-state index in [9.17, 15) is 4.79 Å². The summed E-state index contributed by atoms with van der Waals surface area (Å²) in [5, 5.41) is 9.62. The average Bonchev–Trinajstić information content (AvgIpc) is 3.66. The zero-order chi connectivity index (χ0) is 20.0. The van der Waals surface area contributed by atoms with Crippen molar-refractivity contribution in [3.8, 4) is 0 Å². The number of carbonyl (C=O) groups excluding carboxylic acids is 1. The summed E-state index contributed by atoms with van der Waals surface area (Å²) in [7, 11) is 0. The molecule has 5 rings (SSSR count). The van der Waals surface area contributed by atoms with E-state index in [1.165, 1.54) is 31.2 Å². The fourth-order valence-corrected chi connectivity index (χ4v) is 4.84. The van der Waals surface area contributed by atoms with Crippen molar-refractivity contribution in [2.24, 2.45) is 0 Å². The van der Waals surface area contributed by atoms with Crippen molar-refractivity contribution in [3.05, 3.63) is 76.6 Å². The van der Waals surface area contributed by atoms with Crippen molar-refractivity contribution < 1.29 is 4.79 Å². The number of ketones is 1. The zero-order valence-corrected chi connectivity index (χ0v) is 17.7. The van der Waals surface area contributed by atoms with Gasteiger partial charge in [-0.05, 0) is 45.1 Å². The quantitative estimate of drug-likeness (QED) is 0.368. The van der Waals surface area contributed by atoms with Gasteiger partial charge in [-0.1, -0.05) is 71.4 Å². The number of aryl methyl sites for hydroxylation is 2. The Morgan fingerprint density at radius 2 is 1.55 bits per heavy atom. The third-order valence-corrected chi connectivity index (χ3v) is 6.93. The molecule has 2 aromatic carbocycles. The van der Waals surface area contributed by atoms with E-state index in [2.05, 4.69) is 46.0 Å². The molecule has 2 saturated carbocycles. The van der Waals surface area contributed by atoms with Gasteiger partial charge in [0.05, 0.1) is 0 Å². The van der Waals surface area contributed by atoms with Crippen molar-refractivity contribution in [1.29, 1.82) is 0 Å². The zero-order valence-electron chi connectivity index (χ0n) is 16.8. The molecule has 2 aliphatic carbocycles. The molecule has 0 spiro atoms. The lowest BCUT2D eigenvalue weighted by Gasteiger charge is -2.17. The predicted molar refractivity (Wildman–Crippen MR) is 116 cm³/mol. The molecule has 3 aromatic rings. The van der Waals surface area contributed by atoms with Gasteiger partial charge in [0.2, 0.25) is 0 Å². The van der Waals surface area contributed by atoms with E-state index in [0.717, 1.165) is 27.7 Å². The third-order valence-electron chi connectivity index (χ3n) is 5.72. The molecule has 0 unspecified atom stereocenters. The maximum atomic E-state index is 13.5. The largest absolute Gasteiger partial charge is 0.303 e. The van der Waals surface area contributed by atoms with Crippen LogP contribution >= 0.6 is 11.8 Å². The van der Waals surface area contributed by atoms with Gasteiger partial charge in [-0.2, -0.15) is 0 Å². The average molecular weight is 404 g/mol. The van der Waals surface area contributed by atoms with E-state index in [-0.39, 0.29) is 11.0 Å². The minimum Gasteiger partial charge on any atom is -0.303 e. The summed E-state index contributed by atoms with van der Waals surface area (Å²) in [6, 6.07) is 16.7.